The van der Waals surface area contributed by atoms with Gasteiger partial charge < -0.3 is 29.6 Å². The van der Waals surface area contributed by atoms with Crippen molar-refractivity contribution in [2.24, 2.45) is 0 Å². The van der Waals surface area contributed by atoms with Gasteiger partial charge in [-0.2, -0.15) is 0 Å². The summed E-state index contributed by atoms with van der Waals surface area (Å²) in [6.45, 7) is 12.2. The third-order valence-corrected chi connectivity index (χ3v) is 7.00. The van der Waals surface area contributed by atoms with Crippen molar-refractivity contribution in [3.05, 3.63) is 68.4 Å². The predicted octanol–water partition coefficient (Wildman–Crippen LogP) is 2.02. The van der Waals surface area contributed by atoms with E-state index in [0.29, 0.717) is 28.8 Å². The molecular formula is C29H41N5O5. The number of aryl methyl sites for hydroxylation is 2. The highest BCUT2D eigenvalue weighted by Gasteiger charge is 2.14. The topological polar surface area (TPSA) is 109 Å². The molecule has 10 nitrogen and oxygen atoms in total. The second kappa shape index (κ2) is 15.1. The van der Waals surface area contributed by atoms with Crippen molar-refractivity contribution in [3.63, 3.8) is 0 Å². The molecule has 2 N–H and O–H groups in total. The van der Waals surface area contributed by atoms with Crippen LogP contribution in [0.3, 0.4) is 0 Å². The molecule has 4 rings (SSSR count). The number of hydrogen-bond donors (Lipinski definition) is 2. The van der Waals surface area contributed by atoms with Crippen LogP contribution in [-0.4, -0.2) is 85.8 Å². The number of rotatable bonds is 11. The molecular weight excluding hydrogens is 498 g/mol. The lowest BCUT2D eigenvalue weighted by Crippen LogP contribution is -2.46. The highest BCUT2D eigenvalue weighted by molar-refractivity contribution is 5.77. The van der Waals surface area contributed by atoms with E-state index < -0.39 is 5.69 Å². The third-order valence-electron chi connectivity index (χ3n) is 7.00. The molecule has 1 aliphatic heterocycles. The van der Waals surface area contributed by atoms with Gasteiger partial charge in [-0.1, -0.05) is 19.1 Å². The van der Waals surface area contributed by atoms with Crippen molar-refractivity contribution in [1.82, 2.24) is 24.7 Å². The molecule has 2 aromatic carbocycles. The van der Waals surface area contributed by atoms with Gasteiger partial charge in [-0.05, 0) is 68.2 Å². The van der Waals surface area contributed by atoms with Crippen LogP contribution in [0.4, 0.5) is 0 Å². The number of amides is 1. The zero-order chi connectivity index (χ0) is 28.2. The van der Waals surface area contributed by atoms with Gasteiger partial charge in [0.15, 0.2) is 11.5 Å². The summed E-state index contributed by atoms with van der Waals surface area (Å²) in [7, 11) is 3.15. The average molecular weight is 540 g/mol. The van der Waals surface area contributed by atoms with Crippen LogP contribution in [0.1, 0.15) is 24.5 Å². The number of aromatic amines is 1. The molecule has 0 spiro atoms. The first kappa shape index (κ1) is 29.9. The van der Waals surface area contributed by atoms with Crippen molar-refractivity contribution < 1.29 is 14.3 Å². The van der Waals surface area contributed by atoms with E-state index in [0.717, 1.165) is 37.0 Å². The summed E-state index contributed by atoms with van der Waals surface area (Å²) < 4.78 is 11.7. The monoisotopic (exact) mass is 539 g/mol. The number of nitrogens with zero attached hydrogens (tertiary/aromatic N) is 3. The number of H-pyrrole nitrogens is 1. The molecule has 2 heterocycles. The van der Waals surface area contributed by atoms with Gasteiger partial charge in [-0.25, -0.2) is 4.79 Å². The second-order valence-corrected chi connectivity index (χ2v) is 9.58. The van der Waals surface area contributed by atoms with E-state index in [1.165, 1.54) is 37.3 Å². The fraction of sp³-hybridized carbons (Fsp3) is 0.483. The van der Waals surface area contributed by atoms with Crippen LogP contribution in [0.15, 0.2) is 46.0 Å². The number of carbonyl (C=O) groups is 1. The number of methoxy groups -OCH3 is 2. The van der Waals surface area contributed by atoms with Crippen LogP contribution >= 0.6 is 0 Å². The van der Waals surface area contributed by atoms with Gasteiger partial charge in [0.05, 0.1) is 25.1 Å². The molecule has 0 bridgehead atoms. The molecule has 0 saturated carbocycles. The summed E-state index contributed by atoms with van der Waals surface area (Å²) in [5.74, 6) is 1.26. The number of likely N-dealkylation sites (N-methyl/N-ethyl adjacent to an activating group) is 1. The van der Waals surface area contributed by atoms with Gasteiger partial charge in [0.25, 0.3) is 5.56 Å². The van der Waals surface area contributed by atoms with Gasteiger partial charge in [-0.15, -0.1) is 0 Å². The Morgan fingerprint density at radius 3 is 2.33 bits per heavy atom. The van der Waals surface area contributed by atoms with Gasteiger partial charge >= 0.3 is 5.69 Å². The Balaban J connectivity index is 0.000000255. The number of fused-ring (bicyclic) bond motifs is 1. The zero-order valence-corrected chi connectivity index (χ0v) is 23.5. The molecule has 10 heteroatoms. The van der Waals surface area contributed by atoms with Crippen LogP contribution < -0.4 is 26.0 Å². The molecule has 1 aliphatic rings. The maximum absolute atomic E-state index is 12.6. The lowest BCUT2D eigenvalue weighted by Gasteiger charge is -2.33. The van der Waals surface area contributed by atoms with Crippen molar-refractivity contribution >= 4 is 17.3 Å². The Bertz CT molecular complexity index is 1330. The third kappa shape index (κ3) is 8.43. The number of aromatic nitrogens is 2. The molecule has 3 aromatic rings. The minimum atomic E-state index is -0.399. The molecule has 1 amide bonds. The van der Waals surface area contributed by atoms with Gasteiger partial charge in [-0.3, -0.25) is 14.2 Å². The summed E-state index contributed by atoms with van der Waals surface area (Å²) >= 11 is 0. The quantitative estimate of drug-likeness (QED) is 0.284. The summed E-state index contributed by atoms with van der Waals surface area (Å²) in [5.41, 5.74) is 1.83. The van der Waals surface area contributed by atoms with E-state index in [1.807, 2.05) is 31.2 Å². The average Bonchev–Trinajstić information content (AvgIpc) is 2.95. The molecule has 0 radical (unpaired) electrons. The van der Waals surface area contributed by atoms with Crippen LogP contribution in [0.25, 0.3) is 10.9 Å². The largest absolute Gasteiger partial charge is 0.493 e. The Morgan fingerprint density at radius 2 is 1.67 bits per heavy atom. The molecule has 212 valence electrons. The summed E-state index contributed by atoms with van der Waals surface area (Å²) in [6.07, 6.45) is 2.36. The fourth-order valence-corrected chi connectivity index (χ4v) is 4.64. The molecule has 1 saturated heterocycles. The van der Waals surface area contributed by atoms with E-state index >= 15 is 0 Å². The summed E-state index contributed by atoms with van der Waals surface area (Å²) in [4.78, 5) is 42.6. The SMILES string of the molecule is CCN1CCN(CCCNC=O)CC1.COc1ccc(CCn2c(=O)[nH]c3cc(C)ccc3c2=O)cc1OC. The first-order chi connectivity index (χ1) is 18.9. The van der Waals surface area contributed by atoms with Gasteiger partial charge in [0.2, 0.25) is 6.41 Å². The van der Waals surface area contributed by atoms with Crippen molar-refractivity contribution in [1.29, 1.82) is 0 Å². The van der Waals surface area contributed by atoms with E-state index in [9.17, 15) is 14.4 Å². The maximum Gasteiger partial charge on any atom is 0.328 e. The fourth-order valence-electron chi connectivity index (χ4n) is 4.64. The van der Waals surface area contributed by atoms with Gasteiger partial charge in [0.1, 0.15) is 0 Å². The number of carbonyl (C=O) groups excluding carboxylic acids is 1. The Kier molecular flexibility index (Phi) is 11.6. The van der Waals surface area contributed by atoms with E-state index in [4.69, 9.17) is 9.47 Å². The Labute approximate surface area is 229 Å². The van der Waals surface area contributed by atoms with Crippen molar-refractivity contribution in [3.8, 4) is 11.5 Å². The second-order valence-electron chi connectivity index (χ2n) is 9.58. The minimum absolute atomic E-state index is 0.278. The molecule has 0 aliphatic carbocycles. The van der Waals surface area contributed by atoms with Gasteiger partial charge in [0, 0.05) is 39.3 Å². The lowest BCUT2D eigenvalue weighted by molar-refractivity contribution is -0.109. The lowest BCUT2D eigenvalue weighted by atomic mass is 10.1. The van der Waals surface area contributed by atoms with Crippen molar-refractivity contribution in [2.75, 3.05) is 60.0 Å². The van der Waals surface area contributed by atoms with E-state index in [2.05, 4.69) is 27.0 Å². The first-order valence-corrected chi connectivity index (χ1v) is 13.5. The predicted molar refractivity (Wildman–Crippen MR) is 154 cm³/mol. The van der Waals surface area contributed by atoms with Crippen LogP contribution in [-0.2, 0) is 17.8 Å². The standard InChI is InChI=1S/C19H20N2O4.C10H21N3O/c1-12-4-6-14-15(10-12)20-19(23)21(18(14)22)9-8-13-5-7-16(24-2)17(11-13)25-3;1-2-12-6-8-13(9-7-12)5-3-4-11-10-14/h4-7,10-11H,8-9H2,1-3H3,(H,20,23);10H,2-9H2,1H3,(H,11,14). The molecule has 1 fully saturated rings. The zero-order valence-electron chi connectivity index (χ0n) is 23.5. The summed E-state index contributed by atoms with van der Waals surface area (Å²) in [5, 5.41) is 3.20. The highest BCUT2D eigenvalue weighted by Crippen LogP contribution is 2.27. The molecule has 0 unspecified atom stereocenters. The van der Waals surface area contributed by atoms with Crippen LogP contribution in [0.2, 0.25) is 0 Å². The van der Waals surface area contributed by atoms with E-state index in [1.54, 1.807) is 26.4 Å². The number of piperazine rings is 1. The first-order valence-electron chi connectivity index (χ1n) is 13.5. The smallest absolute Gasteiger partial charge is 0.328 e. The molecule has 39 heavy (non-hydrogen) atoms. The van der Waals surface area contributed by atoms with Crippen LogP contribution in [0.5, 0.6) is 11.5 Å². The highest BCUT2D eigenvalue weighted by atomic mass is 16.5. The normalized spacial score (nSPS) is 13.9. The maximum atomic E-state index is 12.6. The Hall–Kier alpha value is -3.63. The molecule has 1 aromatic heterocycles. The van der Waals surface area contributed by atoms with E-state index in [-0.39, 0.29) is 12.1 Å². The van der Waals surface area contributed by atoms with Crippen LogP contribution in [0, 0.1) is 6.92 Å². The number of ether oxygens (including phenoxy) is 2. The van der Waals surface area contributed by atoms with Crippen molar-refractivity contribution in [2.45, 2.75) is 33.2 Å². The molecule has 0 atom stereocenters. The minimum Gasteiger partial charge on any atom is -0.493 e. The number of benzene rings is 2. The number of hydrogen-bond acceptors (Lipinski definition) is 7. The Morgan fingerprint density at radius 1 is 0.949 bits per heavy atom. The number of nitrogens with one attached hydrogen (secondary N) is 2. The summed E-state index contributed by atoms with van der Waals surface area (Å²) in [6, 6.07) is 11.0.